The van der Waals surface area contributed by atoms with Gasteiger partial charge in [0.2, 0.25) is 5.91 Å². The Morgan fingerprint density at radius 3 is 2.36 bits per heavy atom. The van der Waals surface area contributed by atoms with Gasteiger partial charge < -0.3 is 10.2 Å². The molecule has 0 bridgehead atoms. The smallest absolute Gasteiger partial charge is 0.269 e. The van der Waals surface area contributed by atoms with Gasteiger partial charge in [0.05, 0.1) is 24.8 Å². The van der Waals surface area contributed by atoms with Crippen molar-refractivity contribution in [3.05, 3.63) is 70.3 Å². The second kappa shape index (κ2) is 9.19. The largest absolute Gasteiger partial charge is 0.343 e. The molecule has 0 aromatic heterocycles. The highest BCUT2D eigenvalue weighted by atomic mass is 32.2. The fourth-order valence-electron chi connectivity index (χ4n) is 2.39. The van der Waals surface area contributed by atoms with E-state index in [0.717, 1.165) is 17.0 Å². The summed E-state index contributed by atoms with van der Waals surface area (Å²) < 4.78 is 0. The number of rotatable bonds is 8. The van der Waals surface area contributed by atoms with E-state index in [1.54, 1.807) is 12.1 Å². The molecule has 6 nitrogen and oxygen atoms in total. The summed E-state index contributed by atoms with van der Waals surface area (Å²) in [5.41, 5.74) is 1.13. The van der Waals surface area contributed by atoms with Gasteiger partial charge in [-0.25, -0.2) is 0 Å². The van der Waals surface area contributed by atoms with Crippen LogP contribution in [-0.2, 0) is 4.79 Å². The number of benzene rings is 2. The van der Waals surface area contributed by atoms with Crippen LogP contribution in [0.1, 0.15) is 11.6 Å². The minimum atomic E-state index is -0.435. The molecule has 132 valence electrons. The number of amides is 1. The van der Waals surface area contributed by atoms with Crippen LogP contribution in [-0.4, -0.2) is 37.2 Å². The van der Waals surface area contributed by atoms with Gasteiger partial charge in [-0.15, -0.1) is 11.8 Å². The Hall–Kier alpha value is -2.38. The molecule has 0 heterocycles. The lowest BCUT2D eigenvalue weighted by atomic mass is 10.1. The second-order valence-electron chi connectivity index (χ2n) is 5.98. The summed E-state index contributed by atoms with van der Waals surface area (Å²) >= 11 is 1.36. The summed E-state index contributed by atoms with van der Waals surface area (Å²) in [6.45, 7) is 0.790. The fraction of sp³-hybridized carbons (Fsp3) is 0.278. The Bertz CT molecular complexity index is 705. The number of thioether (sulfide) groups is 1. The molecule has 0 radical (unpaired) electrons. The van der Waals surface area contributed by atoms with Crippen molar-refractivity contribution in [3.63, 3.8) is 0 Å². The molecule has 2 aromatic rings. The molecular formula is C18H22N3O3S+. The topological polar surface area (TPSA) is 76.7 Å². The van der Waals surface area contributed by atoms with Gasteiger partial charge in [0, 0.05) is 17.0 Å². The summed E-state index contributed by atoms with van der Waals surface area (Å²) in [6.07, 6.45) is 0. The van der Waals surface area contributed by atoms with Crippen LogP contribution in [0.4, 0.5) is 5.69 Å². The number of nitrogens with zero attached hydrogens (tertiary/aromatic N) is 1. The summed E-state index contributed by atoms with van der Waals surface area (Å²) in [7, 11) is 4.10. The zero-order valence-electron chi connectivity index (χ0n) is 14.3. The molecule has 1 atom stereocenters. The molecule has 2 rings (SSSR count). The summed E-state index contributed by atoms with van der Waals surface area (Å²) in [5.74, 6) is 0.211. The van der Waals surface area contributed by atoms with Gasteiger partial charge in [0.1, 0.15) is 12.6 Å². The third-order valence-corrected chi connectivity index (χ3v) is 4.58. The minimum Gasteiger partial charge on any atom is -0.343 e. The molecule has 0 spiro atoms. The third-order valence-electron chi connectivity index (χ3n) is 3.57. The van der Waals surface area contributed by atoms with Gasteiger partial charge in [-0.3, -0.25) is 14.9 Å². The predicted molar refractivity (Wildman–Crippen MR) is 98.8 cm³/mol. The summed E-state index contributed by atoms with van der Waals surface area (Å²) in [5, 5.41) is 13.7. The number of hydrogen-bond acceptors (Lipinski definition) is 4. The molecule has 0 saturated heterocycles. The molecule has 2 N–H and O–H groups in total. The standard InChI is InChI=1S/C18H21N3O3S/c1-20(2)12-17(14-6-4-3-5-7-14)19-18(22)13-25-16-10-8-15(9-11-16)21(23)24/h3-11,17H,12-13H2,1-2H3,(H,19,22)/p+1/t17-/m1/s1. The van der Waals surface area contributed by atoms with Crippen molar-refractivity contribution in [2.75, 3.05) is 26.4 Å². The molecule has 0 saturated carbocycles. The number of non-ortho nitro benzene ring substituents is 1. The first-order chi connectivity index (χ1) is 12.0. The Morgan fingerprint density at radius 2 is 1.80 bits per heavy atom. The highest BCUT2D eigenvalue weighted by Crippen LogP contribution is 2.21. The van der Waals surface area contributed by atoms with E-state index in [9.17, 15) is 14.9 Å². The Kier molecular flexibility index (Phi) is 6.97. The van der Waals surface area contributed by atoms with Gasteiger partial charge in [-0.05, 0) is 17.7 Å². The van der Waals surface area contributed by atoms with Gasteiger partial charge in [-0.1, -0.05) is 30.3 Å². The van der Waals surface area contributed by atoms with Gasteiger partial charge >= 0.3 is 0 Å². The number of carbonyl (C=O) groups is 1. The number of likely N-dealkylation sites (N-methyl/N-ethyl adjacent to an activating group) is 1. The molecule has 0 aliphatic heterocycles. The monoisotopic (exact) mass is 360 g/mol. The molecule has 1 amide bonds. The van der Waals surface area contributed by atoms with Crippen LogP contribution in [0.25, 0.3) is 0 Å². The lowest BCUT2D eigenvalue weighted by Crippen LogP contribution is -3.06. The Balaban J connectivity index is 1.93. The van der Waals surface area contributed by atoms with Crippen LogP contribution in [0.15, 0.2) is 59.5 Å². The zero-order chi connectivity index (χ0) is 18.2. The van der Waals surface area contributed by atoms with E-state index in [2.05, 4.69) is 5.32 Å². The molecule has 0 aliphatic rings. The maximum Gasteiger partial charge on any atom is 0.269 e. The second-order valence-corrected chi connectivity index (χ2v) is 7.03. The minimum absolute atomic E-state index is 0.0452. The van der Waals surface area contributed by atoms with Crippen LogP contribution >= 0.6 is 11.8 Å². The SMILES string of the molecule is C[NH+](C)C[C@@H](NC(=O)CSc1ccc([N+](=O)[O-])cc1)c1ccccc1. The maximum atomic E-state index is 12.3. The molecule has 2 aromatic carbocycles. The molecular weight excluding hydrogens is 338 g/mol. The first-order valence-electron chi connectivity index (χ1n) is 7.96. The number of carbonyl (C=O) groups excluding carboxylic acids is 1. The summed E-state index contributed by atoms with van der Waals surface area (Å²) in [6, 6.07) is 16.1. The van der Waals surface area contributed by atoms with Crippen molar-refractivity contribution in [1.29, 1.82) is 0 Å². The number of quaternary nitrogens is 1. The van der Waals surface area contributed by atoms with Gasteiger partial charge in [0.15, 0.2) is 0 Å². The van der Waals surface area contributed by atoms with Crippen molar-refractivity contribution < 1.29 is 14.6 Å². The van der Waals surface area contributed by atoms with E-state index in [-0.39, 0.29) is 23.4 Å². The molecule has 25 heavy (non-hydrogen) atoms. The van der Waals surface area contributed by atoms with Crippen LogP contribution in [0.3, 0.4) is 0 Å². The van der Waals surface area contributed by atoms with E-state index in [1.807, 2.05) is 44.4 Å². The van der Waals surface area contributed by atoms with Crippen molar-refractivity contribution >= 4 is 23.4 Å². The highest BCUT2D eigenvalue weighted by molar-refractivity contribution is 8.00. The quantitative estimate of drug-likeness (QED) is 0.427. The van der Waals surface area contributed by atoms with E-state index in [1.165, 1.54) is 28.8 Å². The van der Waals surface area contributed by atoms with Crippen molar-refractivity contribution in [2.24, 2.45) is 0 Å². The van der Waals surface area contributed by atoms with E-state index in [0.29, 0.717) is 0 Å². The fourth-order valence-corrected chi connectivity index (χ4v) is 3.10. The molecule has 0 fully saturated rings. The predicted octanol–water partition coefficient (Wildman–Crippen LogP) is 1.69. The molecule has 0 aliphatic carbocycles. The van der Waals surface area contributed by atoms with E-state index in [4.69, 9.17) is 0 Å². The van der Waals surface area contributed by atoms with Crippen LogP contribution in [0.2, 0.25) is 0 Å². The van der Waals surface area contributed by atoms with Crippen LogP contribution in [0, 0.1) is 10.1 Å². The molecule has 0 unspecified atom stereocenters. The van der Waals surface area contributed by atoms with Gasteiger partial charge in [-0.2, -0.15) is 0 Å². The third kappa shape index (κ3) is 6.21. The first kappa shape index (κ1) is 19.0. The Morgan fingerprint density at radius 1 is 1.16 bits per heavy atom. The lowest BCUT2D eigenvalue weighted by molar-refractivity contribution is -0.860. The summed E-state index contributed by atoms with van der Waals surface area (Å²) in [4.78, 5) is 24.6. The number of nitrogens with one attached hydrogen (secondary N) is 2. The first-order valence-corrected chi connectivity index (χ1v) is 8.95. The number of nitro benzene ring substituents is 1. The van der Waals surface area contributed by atoms with Crippen molar-refractivity contribution in [1.82, 2.24) is 5.32 Å². The van der Waals surface area contributed by atoms with Crippen LogP contribution < -0.4 is 10.2 Å². The van der Waals surface area contributed by atoms with Crippen molar-refractivity contribution in [3.8, 4) is 0 Å². The zero-order valence-corrected chi connectivity index (χ0v) is 15.1. The van der Waals surface area contributed by atoms with Crippen LogP contribution in [0.5, 0.6) is 0 Å². The number of nitro groups is 1. The van der Waals surface area contributed by atoms with Gasteiger partial charge in [0.25, 0.3) is 5.69 Å². The highest BCUT2D eigenvalue weighted by Gasteiger charge is 2.17. The normalized spacial score (nSPS) is 12.0. The van der Waals surface area contributed by atoms with E-state index < -0.39 is 4.92 Å². The molecule has 7 heteroatoms. The van der Waals surface area contributed by atoms with E-state index >= 15 is 0 Å². The Labute approximate surface area is 151 Å². The average molecular weight is 360 g/mol. The lowest BCUT2D eigenvalue weighted by Gasteiger charge is -2.20. The maximum absolute atomic E-state index is 12.3. The average Bonchev–Trinajstić information content (AvgIpc) is 2.60. The van der Waals surface area contributed by atoms with Crippen molar-refractivity contribution in [2.45, 2.75) is 10.9 Å². The number of hydrogen-bond donors (Lipinski definition) is 2.